The molecule has 0 saturated carbocycles. The highest BCUT2D eigenvalue weighted by molar-refractivity contribution is 5.99. The molecule has 0 spiro atoms. The lowest BCUT2D eigenvalue weighted by molar-refractivity contribution is 0.0736. The number of likely N-dealkylation sites (N-methyl/N-ethyl adjacent to an activating group) is 1. The average Bonchev–Trinajstić information content (AvgIpc) is 2.94. The lowest BCUT2D eigenvalue weighted by Gasteiger charge is -2.25. The van der Waals surface area contributed by atoms with Gasteiger partial charge in [0.25, 0.3) is 5.91 Å². The lowest BCUT2D eigenvalue weighted by atomic mass is 10.1. The summed E-state index contributed by atoms with van der Waals surface area (Å²) in [7, 11) is 1.94. The Labute approximate surface area is 131 Å². The SMILES string of the molecule is CNC[C@@H]1CCCN1C(=O)c1cc2ccc(C)cc2nc1C. The molecule has 1 atom stereocenters. The van der Waals surface area contributed by atoms with Crippen LogP contribution in [0.3, 0.4) is 0 Å². The standard InChI is InChI=1S/C18H23N3O/c1-12-6-7-14-10-16(13(2)20-17(14)9-12)18(22)21-8-4-5-15(21)11-19-3/h6-7,9-10,15,19H,4-5,8,11H2,1-3H3/t15-/m0/s1. The number of nitrogens with one attached hydrogen (secondary N) is 1. The molecule has 0 unspecified atom stereocenters. The van der Waals surface area contributed by atoms with Crippen molar-refractivity contribution in [3.63, 3.8) is 0 Å². The van der Waals surface area contributed by atoms with Crippen molar-refractivity contribution in [3.05, 3.63) is 41.1 Å². The van der Waals surface area contributed by atoms with E-state index in [9.17, 15) is 4.79 Å². The minimum absolute atomic E-state index is 0.116. The van der Waals surface area contributed by atoms with E-state index in [0.29, 0.717) is 6.04 Å². The van der Waals surface area contributed by atoms with Crippen LogP contribution in [0.4, 0.5) is 0 Å². The van der Waals surface area contributed by atoms with Crippen molar-refractivity contribution in [3.8, 4) is 0 Å². The third kappa shape index (κ3) is 2.71. The summed E-state index contributed by atoms with van der Waals surface area (Å²) in [6.07, 6.45) is 2.16. The number of nitrogens with zero attached hydrogens (tertiary/aromatic N) is 2. The molecule has 1 aromatic carbocycles. The Morgan fingerprint density at radius 1 is 1.36 bits per heavy atom. The van der Waals surface area contributed by atoms with Gasteiger partial charge >= 0.3 is 0 Å². The molecule has 1 aliphatic rings. The van der Waals surface area contributed by atoms with Crippen LogP contribution in [0.2, 0.25) is 0 Å². The maximum Gasteiger partial charge on any atom is 0.256 e. The number of fused-ring (bicyclic) bond motifs is 1. The molecule has 0 radical (unpaired) electrons. The number of rotatable bonds is 3. The molecule has 4 nitrogen and oxygen atoms in total. The van der Waals surface area contributed by atoms with E-state index in [-0.39, 0.29) is 5.91 Å². The maximum absolute atomic E-state index is 12.9. The predicted molar refractivity (Wildman–Crippen MR) is 89.2 cm³/mol. The number of carbonyl (C=O) groups excluding carboxylic acids is 1. The number of aryl methyl sites for hydroxylation is 2. The van der Waals surface area contributed by atoms with Gasteiger partial charge in [-0.2, -0.15) is 0 Å². The molecular formula is C18H23N3O. The Bertz CT molecular complexity index is 711. The van der Waals surface area contributed by atoms with Crippen molar-refractivity contribution < 1.29 is 4.79 Å². The summed E-state index contributed by atoms with van der Waals surface area (Å²) in [5.41, 5.74) is 3.70. The molecule has 4 heteroatoms. The molecule has 0 bridgehead atoms. The van der Waals surface area contributed by atoms with Crippen LogP contribution in [0.15, 0.2) is 24.3 Å². The van der Waals surface area contributed by atoms with Crippen LogP contribution in [-0.2, 0) is 0 Å². The van der Waals surface area contributed by atoms with Crippen molar-refractivity contribution in [2.75, 3.05) is 20.1 Å². The molecule has 1 aliphatic heterocycles. The zero-order chi connectivity index (χ0) is 15.7. The number of carbonyl (C=O) groups is 1. The molecule has 3 rings (SSSR count). The molecule has 1 N–H and O–H groups in total. The van der Waals surface area contributed by atoms with E-state index in [1.807, 2.05) is 31.0 Å². The Morgan fingerprint density at radius 2 is 2.18 bits per heavy atom. The van der Waals surface area contributed by atoms with E-state index < -0.39 is 0 Å². The quantitative estimate of drug-likeness (QED) is 0.947. The number of hydrogen-bond acceptors (Lipinski definition) is 3. The average molecular weight is 297 g/mol. The van der Waals surface area contributed by atoms with Crippen LogP contribution in [-0.4, -0.2) is 42.0 Å². The number of amides is 1. The summed E-state index contributed by atoms with van der Waals surface area (Å²) in [5.74, 6) is 0.116. The van der Waals surface area contributed by atoms with Gasteiger partial charge in [0.2, 0.25) is 0 Å². The third-order valence-electron chi connectivity index (χ3n) is 4.47. The van der Waals surface area contributed by atoms with Gasteiger partial charge in [-0.15, -0.1) is 0 Å². The minimum atomic E-state index is 0.116. The van der Waals surface area contributed by atoms with Crippen molar-refractivity contribution >= 4 is 16.8 Å². The van der Waals surface area contributed by atoms with E-state index in [0.717, 1.165) is 48.1 Å². The third-order valence-corrected chi connectivity index (χ3v) is 4.47. The van der Waals surface area contributed by atoms with E-state index in [1.165, 1.54) is 5.56 Å². The minimum Gasteiger partial charge on any atom is -0.334 e. The molecule has 1 aromatic heterocycles. The summed E-state index contributed by atoms with van der Waals surface area (Å²) in [6, 6.07) is 8.46. The molecule has 1 fully saturated rings. The topological polar surface area (TPSA) is 45.2 Å². The summed E-state index contributed by atoms with van der Waals surface area (Å²) in [5, 5.41) is 4.22. The van der Waals surface area contributed by atoms with Crippen LogP contribution in [0, 0.1) is 13.8 Å². The number of benzene rings is 1. The van der Waals surface area contributed by atoms with Crippen molar-refractivity contribution in [2.45, 2.75) is 32.7 Å². The molecule has 0 aliphatic carbocycles. The van der Waals surface area contributed by atoms with E-state index >= 15 is 0 Å². The smallest absolute Gasteiger partial charge is 0.256 e. The van der Waals surface area contributed by atoms with Crippen molar-refractivity contribution in [1.82, 2.24) is 15.2 Å². The second-order valence-corrected chi connectivity index (χ2v) is 6.17. The molecule has 2 aromatic rings. The van der Waals surface area contributed by atoms with Gasteiger partial charge in [0, 0.05) is 24.5 Å². The van der Waals surface area contributed by atoms with Gasteiger partial charge in [0.1, 0.15) is 0 Å². The molecular weight excluding hydrogens is 274 g/mol. The van der Waals surface area contributed by atoms with E-state index in [2.05, 4.69) is 29.4 Å². The van der Waals surface area contributed by atoms with Crippen LogP contribution in [0.1, 0.15) is 34.5 Å². The van der Waals surface area contributed by atoms with Gasteiger partial charge in [-0.05, 0) is 51.4 Å². The van der Waals surface area contributed by atoms with Gasteiger partial charge in [-0.25, -0.2) is 0 Å². The zero-order valence-electron chi connectivity index (χ0n) is 13.5. The number of likely N-dealkylation sites (tertiary alicyclic amines) is 1. The highest BCUT2D eigenvalue weighted by atomic mass is 16.2. The normalized spacial score (nSPS) is 18.1. The lowest BCUT2D eigenvalue weighted by Crippen LogP contribution is -2.41. The first kappa shape index (κ1) is 15.0. The second kappa shape index (κ2) is 6.05. The molecule has 1 amide bonds. The molecule has 22 heavy (non-hydrogen) atoms. The summed E-state index contributed by atoms with van der Waals surface area (Å²) >= 11 is 0. The highest BCUT2D eigenvalue weighted by Gasteiger charge is 2.29. The van der Waals surface area contributed by atoms with Crippen LogP contribution in [0.25, 0.3) is 10.9 Å². The predicted octanol–water partition coefficient (Wildman–Crippen LogP) is 2.68. The Kier molecular flexibility index (Phi) is 4.12. The zero-order valence-corrected chi connectivity index (χ0v) is 13.5. The van der Waals surface area contributed by atoms with E-state index in [4.69, 9.17) is 0 Å². The van der Waals surface area contributed by atoms with Crippen LogP contribution in [0.5, 0.6) is 0 Å². The fourth-order valence-corrected chi connectivity index (χ4v) is 3.30. The van der Waals surface area contributed by atoms with Crippen molar-refractivity contribution in [1.29, 1.82) is 0 Å². The van der Waals surface area contributed by atoms with E-state index in [1.54, 1.807) is 0 Å². The second-order valence-electron chi connectivity index (χ2n) is 6.17. The fraction of sp³-hybridized carbons (Fsp3) is 0.444. The number of hydrogen-bond donors (Lipinski definition) is 1. The van der Waals surface area contributed by atoms with Crippen molar-refractivity contribution in [2.24, 2.45) is 0 Å². The van der Waals surface area contributed by atoms with Crippen LogP contribution >= 0.6 is 0 Å². The molecule has 116 valence electrons. The van der Waals surface area contributed by atoms with Gasteiger partial charge in [0.15, 0.2) is 0 Å². The van der Waals surface area contributed by atoms with Crippen LogP contribution < -0.4 is 5.32 Å². The summed E-state index contributed by atoms with van der Waals surface area (Å²) in [6.45, 7) is 5.68. The Balaban J connectivity index is 1.96. The number of pyridine rings is 1. The van der Waals surface area contributed by atoms with Gasteiger partial charge in [-0.3, -0.25) is 9.78 Å². The summed E-state index contributed by atoms with van der Waals surface area (Å²) in [4.78, 5) is 19.6. The molecule has 2 heterocycles. The first-order valence-electron chi connectivity index (χ1n) is 7.93. The first-order valence-corrected chi connectivity index (χ1v) is 7.93. The monoisotopic (exact) mass is 297 g/mol. The van der Waals surface area contributed by atoms with Gasteiger partial charge < -0.3 is 10.2 Å². The Hall–Kier alpha value is -1.94. The first-order chi connectivity index (χ1) is 10.6. The Morgan fingerprint density at radius 3 is 2.95 bits per heavy atom. The maximum atomic E-state index is 12.9. The number of aromatic nitrogens is 1. The van der Waals surface area contributed by atoms with Gasteiger partial charge in [-0.1, -0.05) is 12.1 Å². The fourth-order valence-electron chi connectivity index (χ4n) is 3.30. The summed E-state index contributed by atoms with van der Waals surface area (Å²) < 4.78 is 0. The van der Waals surface area contributed by atoms with Gasteiger partial charge in [0.05, 0.1) is 16.8 Å². The molecule has 1 saturated heterocycles. The highest BCUT2D eigenvalue weighted by Crippen LogP contribution is 2.23. The largest absolute Gasteiger partial charge is 0.334 e.